The summed E-state index contributed by atoms with van der Waals surface area (Å²) in [6.45, 7) is 2.89. The SMILES string of the molecule is CN1CCC(Oc2cc(CN3CCCC3CO)cc(C(F)(F)F)n2)CC1. The molecule has 0 amide bonds. The fraction of sp³-hybridized carbons (Fsp3) is 0.722. The molecule has 2 aliphatic rings. The van der Waals surface area contributed by atoms with E-state index in [9.17, 15) is 18.3 Å². The number of aliphatic hydroxyl groups excluding tert-OH is 1. The van der Waals surface area contributed by atoms with E-state index in [1.54, 1.807) is 6.07 Å². The summed E-state index contributed by atoms with van der Waals surface area (Å²) in [7, 11) is 2.02. The summed E-state index contributed by atoms with van der Waals surface area (Å²) in [4.78, 5) is 7.90. The lowest BCUT2D eigenvalue weighted by Crippen LogP contribution is -2.36. The van der Waals surface area contributed by atoms with Gasteiger partial charge in [0.15, 0.2) is 0 Å². The summed E-state index contributed by atoms with van der Waals surface area (Å²) in [6.07, 6.45) is -1.24. The molecule has 0 saturated carbocycles. The third-order valence-electron chi connectivity index (χ3n) is 5.20. The Hall–Kier alpha value is -1.38. The Balaban J connectivity index is 1.77. The van der Waals surface area contributed by atoms with Gasteiger partial charge < -0.3 is 14.7 Å². The molecule has 26 heavy (non-hydrogen) atoms. The summed E-state index contributed by atoms with van der Waals surface area (Å²) in [5, 5.41) is 9.43. The predicted molar refractivity (Wildman–Crippen MR) is 90.9 cm³/mol. The number of likely N-dealkylation sites (tertiary alicyclic amines) is 2. The van der Waals surface area contributed by atoms with Crippen LogP contribution in [0, 0.1) is 0 Å². The van der Waals surface area contributed by atoms with Crippen molar-refractivity contribution in [3.63, 3.8) is 0 Å². The Bertz CT molecular complexity index is 604. The maximum atomic E-state index is 13.3. The van der Waals surface area contributed by atoms with Gasteiger partial charge >= 0.3 is 6.18 Å². The Kier molecular flexibility index (Phi) is 6.04. The van der Waals surface area contributed by atoms with Crippen molar-refractivity contribution >= 4 is 0 Å². The molecule has 2 saturated heterocycles. The van der Waals surface area contributed by atoms with E-state index in [1.165, 1.54) is 0 Å². The van der Waals surface area contributed by atoms with E-state index < -0.39 is 11.9 Å². The van der Waals surface area contributed by atoms with Crippen molar-refractivity contribution < 1.29 is 23.0 Å². The molecule has 0 aliphatic carbocycles. The Morgan fingerprint density at radius 3 is 2.58 bits per heavy atom. The van der Waals surface area contributed by atoms with Gasteiger partial charge in [0.1, 0.15) is 11.8 Å². The minimum atomic E-state index is -4.51. The summed E-state index contributed by atoms with van der Waals surface area (Å²) in [5.74, 6) is 0.0455. The fourth-order valence-electron chi connectivity index (χ4n) is 3.67. The highest BCUT2D eigenvalue weighted by molar-refractivity contribution is 5.27. The van der Waals surface area contributed by atoms with Crippen molar-refractivity contribution in [1.29, 1.82) is 0 Å². The lowest BCUT2D eigenvalue weighted by molar-refractivity contribution is -0.141. The summed E-state index contributed by atoms with van der Waals surface area (Å²) in [6, 6.07) is 2.71. The molecule has 5 nitrogen and oxygen atoms in total. The van der Waals surface area contributed by atoms with Crippen LogP contribution in [-0.4, -0.2) is 65.3 Å². The van der Waals surface area contributed by atoms with E-state index >= 15 is 0 Å². The van der Waals surface area contributed by atoms with E-state index in [0.717, 1.165) is 51.4 Å². The van der Waals surface area contributed by atoms with Gasteiger partial charge in [-0.1, -0.05) is 0 Å². The zero-order valence-corrected chi connectivity index (χ0v) is 15.0. The minimum Gasteiger partial charge on any atom is -0.474 e. The smallest absolute Gasteiger partial charge is 0.433 e. The third kappa shape index (κ3) is 4.86. The summed E-state index contributed by atoms with van der Waals surface area (Å²) in [5.41, 5.74) is -0.395. The standard InChI is InChI=1S/C18H26F3N3O2/c1-23-7-4-15(5-8-23)26-17-10-13(9-16(22-17)18(19,20)21)11-24-6-2-3-14(24)12-25/h9-10,14-15,25H,2-8,11-12H2,1H3. The van der Waals surface area contributed by atoms with Crippen molar-refractivity contribution in [1.82, 2.24) is 14.8 Å². The zero-order chi connectivity index (χ0) is 18.7. The van der Waals surface area contributed by atoms with Crippen LogP contribution in [-0.2, 0) is 12.7 Å². The number of hydrogen-bond acceptors (Lipinski definition) is 5. The number of halogens is 3. The molecule has 146 valence electrons. The van der Waals surface area contributed by atoms with Crippen molar-refractivity contribution in [3.8, 4) is 5.88 Å². The molecule has 0 radical (unpaired) electrons. The predicted octanol–water partition coefficient (Wildman–Crippen LogP) is 2.53. The van der Waals surface area contributed by atoms with Gasteiger partial charge in [0.2, 0.25) is 5.88 Å². The minimum absolute atomic E-state index is 0.00996. The van der Waals surface area contributed by atoms with Crippen molar-refractivity contribution in [2.45, 2.75) is 50.6 Å². The van der Waals surface area contributed by atoms with Crippen LogP contribution in [0.25, 0.3) is 0 Å². The highest BCUT2D eigenvalue weighted by Crippen LogP contribution is 2.31. The van der Waals surface area contributed by atoms with Crippen LogP contribution < -0.4 is 4.74 Å². The number of hydrogen-bond donors (Lipinski definition) is 1. The molecule has 0 aromatic carbocycles. The van der Waals surface area contributed by atoms with Gasteiger partial charge in [-0.25, -0.2) is 4.98 Å². The molecule has 3 rings (SSSR count). The first-order valence-corrected chi connectivity index (χ1v) is 9.13. The van der Waals surface area contributed by atoms with Crippen LogP contribution in [0.4, 0.5) is 13.2 Å². The van der Waals surface area contributed by atoms with E-state index in [0.29, 0.717) is 12.1 Å². The van der Waals surface area contributed by atoms with Gasteiger partial charge in [0, 0.05) is 31.7 Å². The Morgan fingerprint density at radius 2 is 1.92 bits per heavy atom. The number of rotatable bonds is 5. The number of aliphatic hydroxyl groups is 1. The lowest BCUT2D eigenvalue weighted by Gasteiger charge is -2.29. The van der Waals surface area contributed by atoms with Crippen LogP contribution in [0.15, 0.2) is 12.1 Å². The van der Waals surface area contributed by atoms with Crippen molar-refractivity contribution in [3.05, 3.63) is 23.4 Å². The highest BCUT2D eigenvalue weighted by Gasteiger charge is 2.34. The lowest BCUT2D eigenvalue weighted by atomic mass is 10.1. The van der Waals surface area contributed by atoms with Gasteiger partial charge in [-0.2, -0.15) is 13.2 Å². The van der Waals surface area contributed by atoms with E-state index in [-0.39, 0.29) is 24.6 Å². The van der Waals surface area contributed by atoms with E-state index in [4.69, 9.17) is 4.74 Å². The zero-order valence-electron chi connectivity index (χ0n) is 15.0. The topological polar surface area (TPSA) is 48.8 Å². The molecule has 1 aromatic rings. The molecule has 1 atom stereocenters. The van der Waals surface area contributed by atoms with Gasteiger partial charge in [-0.15, -0.1) is 0 Å². The first-order chi connectivity index (χ1) is 12.3. The molecule has 2 fully saturated rings. The monoisotopic (exact) mass is 373 g/mol. The third-order valence-corrected chi connectivity index (χ3v) is 5.20. The molecular formula is C18H26F3N3O2. The molecule has 8 heteroatoms. The number of alkyl halides is 3. The molecule has 2 aliphatic heterocycles. The van der Waals surface area contributed by atoms with Crippen LogP contribution in [0.2, 0.25) is 0 Å². The van der Waals surface area contributed by atoms with Gasteiger partial charge in [0.05, 0.1) is 6.61 Å². The number of ether oxygens (including phenoxy) is 1. The summed E-state index contributed by atoms with van der Waals surface area (Å²) >= 11 is 0. The van der Waals surface area contributed by atoms with Crippen molar-refractivity contribution in [2.75, 3.05) is 33.3 Å². The maximum absolute atomic E-state index is 13.3. The number of nitrogens with zero attached hydrogens (tertiary/aromatic N) is 3. The van der Waals surface area contributed by atoms with Gasteiger partial charge in [-0.05, 0) is 50.9 Å². The Labute approximate surface area is 151 Å². The summed E-state index contributed by atoms with van der Waals surface area (Å²) < 4.78 is 45.6. The van der Waals surface area contributed by atoms with Gasteiger partial charge in [-0.3, -0.25) is 4.90 Å². The highest BCUT2D eigenvalue weighted by atomic mass is 19.4. The van der Waals surface area contributed by atoms with Crippen LogP contribution in [0.3, 0.4) is 0 Å². The molecule has 1 N–H and O–H groups in total. The van der Waals surface area contributed by atoms with Crippen molar-refractivity contribution in [2.24, 2.45) is 0 Å². The largest absolute Gasteiger partial charge is 0.474 e. The average molecular weight is 373 g/mol. The molecule has 3 heterocycles. The second kappa shape index (κ2) is 8.10. The van der Waals surface area contributed by atoms with Crippen LogP contribution in [0.1, 0.15) is 36.9 Å². The molecular weight excluding hydrogens is 347 g/mol. The van der Waals surface area contributed by atoms with Crippen LogP contribution >= 0.6 is 0 Å². The normalized spacial score (nSPS) is 23.5. The molecule has 1 aromatic heterocycles. The second-order valence-electron chi connectivity index (χ2n) is 7.27. The first kappa shape index (κ1) is 19.4. The molecule has 0 spiro atoms. The van der Waals surface area contributed by atoms with Crippen LogP contribution in [0.5, 0.6) is 5.88 Å². The van der Waals surface area contributed by atoms with E-state index in [2.05, 4.69) is 9.88 Å². The van der Waals surface area contributed by atoms with Gasteiger partial charge in [0.25, 0.3) is 0 Å². The first-order valence-electron chi connectivity index (χ1n) is 9.13. The average Bonchev–Trinajstić information content (AvgIpc) is 3.03. The maximum Gasteiger partial charge on any atom is 0.433 e. The number of aromatic nitrogens is 1. The number of pyridine rings is 1. The fourth-order valence-corrected chi connectivity index (χ4v) is 3.67. The quantitative estimate of drug-likeness (QED) is 0.860. The second-order valence-corrected chi connectivity index (χ2v) is 7.27. The van der Waals surface area contributed by atoms with E-state index in [1.807, 2.05) is 11.9 Å². The molecule has 0 bridgehead atoms. The Morgan fingerprint density at radius 1 is 1.19 bits per heavy atom. The number of piperidine rings is 1. The molecule has 1 unspecified atom stereocenters.